The van der Waals surface area contributed by atoms with Gasteiger partial charge in [0.1, 0.15) is 0 Å². The molecule has 1 amide bonds. The van der Waals surface area contributed by atoms with Gasteiger partial charge in [0, 0.05) is 11.9 Å². The van der Waals surface area contributed by atoms with Crippen LogP contribution in [0.1, 0.15) is 35.8 Å². The van der Waals surface area contributed by atoms with E-state index in [1.807, 2.05) is 25.1 Å². The summed E-state index contributed by atoms with van der Waals surface area (Å²) in [6.07, 6.45) is 2.06. The van der Waals surface area contributed by atoms with Gasteiger partial charge in [0.05, 0.1) is 5.52 Å². The van der Waals surface area contributed by atoms with Crippen LogP contribution in [0.25, 0.3) is 10.9 Å². The highest BCUT2D eigenvalue weighted by Gasteiger charge is 2.13. The number of aryl methyl sites for hydroxylation is 1. The van der Waals surface area contributed by atoms with Crippen molar-refractivity contribution in [3.05, 3.63) is 29.5 Å². The quantitative estimate of drug-likeness (QED) is 0.794. The smallest absolute Gasteiger partial charge is 0.272 e. The highest BCUT2D eigenvalue weighted by atomic mass is 16.1. The number of unbranched alkanes of at least 4 members (excludes halogenated alkanes) is 1. The van der Waals surface area contributed by atoms with Crippen molar-refractivity contribution in [1.82, 2.24) is 15.5 Å². The van der Waals surface area contributed by atoms with Crippen molar-refractivity contribution in [3.63, 3.8) is 0 Å². The molecule has 0 fully saturated rings. The Morgan fingerprint density at radius 1 is 1.47 bits per heavy atom. The minimum atomic E-state index is -0.102. The zero-order chi connectivity index (χ0) is 12.3. The lowest BCUT2D eigenvalue weighted by molar-refractivity contribution is 0.0950. The molecule has 0 spiro atoms. The summed E-state index contributed by atoms with van der Waals surface area (Å²) < 4.78 is 0. The van der Waals surface area contributed by atoms with Crippen LogP contribution in [0.4, 0.5) is 0 Å². The third-order valence-corrected chi connectivity index (χ3v) is 2.75. The van der Waals surface area contributed by atoms with Crippen molar-refractivity contribution in [2.24, 2.45) is 0 Å². The van der Waals surface area contributed by atoms with Gasteiger partial charge in [-0.05, 0) is 25.5 Å². The highest BCUT2D eigenvalue weighted by molar-refractivity contribution is 6.04. The van der Waals surface area contributed by atoms with Crippen LogP contribution in [0.3, 0.4) is 0 Å². The van der Waals surface area contributed by atoms with Gasteiger partial charge in [-0.15, -0.1) is 0 Å². The molecule has 1 aromatic heterocycles. The van der Waals surface area contributed by atoms with Crippen molar-refractivity contribution in [1.29, 1.82) is 0 Å². The van der Waals surface area contributed by atoms with Crippen LogP contribution in [0.15, 0.2) is 18.2 Å². The molecule has 0 unspecified atom stereocenters. The predicted octanol–water partition coefficient (Wildman–Crippen LogP) is 2.40. The molecule has 90 valence electrons. The van der Waals surface area contributed by atoms with E-state index in [0.29, 0.717) is 12.2 Å². The number of aromatic nitrogens is 2. The predicted molar refractivity (Wildman–Crippen MR) is 68.1 cm³/mol. The van der Waals surface area contributed by atoms with E-state index in [0.717, 1.165) is 29.3 Å². The van der Waals surface area contributed by atoms with Gasteiger partial charge in [-0.3, -0.25) is 9.89 Å². The number of benzene rings is 1. The van der Waals surface area contributed by atoms with Crippen LogP contribution in [0.5, 0.6) is 0 Å². The first-order chi connectivity index (χ1) is 8.22. The fraction of sp³-hybridized carbons (Fsp3) is 0.385. The van der Waals surface area contributed by atoms with Crippen molar-refractivity contribution in [3.8, 4) is 0 Å². The molecular weight excluding hydrogens is 214 g/mol. The number of hydrogen-bond acceptors (Lipinski definition) is 2. The number of rotatable bonds is 4. The van der Waals surface area contributed by atoms with Crippen molar-refractivity contribution < 1.29 is 4.79 Å². The Balaban J connectivity index is 2.23. The molecule has 1 aromatic carbocycles. The Morgan fingerprint density at radius 3 is 3.06 bits per heavy atom. The molecule has 0 aliphatic heterocycles. The van der Waals surface area contributed by atoms with Gasteiger partial charge >= 0.3 is 0 Å². The summed E-state index contributed by atoms with van der Waals surface area (Å²) in [4.78, 5) is 11.9. The Bertz CT molecular complexity index is 530. The lowest BCUT2D eigenvalue weighted by atomic mass is 10.1. The zero-order valence-corrected chi connectivity index (χ0v) is 10.2. The molecule has 0 bridgehead atoms. The summed E-state index contributed by atoms with van der Waals surface area (Å²) in [5.74, 6) is -0.102. The van der Waals surface area contributed by atoms with Crippen molar-refractivity contribution >= 4 is 16.8 Å². The molecule has 0 saturated heterocycles. The normalized spacial score (nSPS) is 10.7. The molecule has 0 aliphatic rings. The lowest BCUT2D eigenvalue weighted by Crippen LogP contribution is -2.24. The van der Waals surface area contributed by atoms with Gasteiger partial charge in [0.15, 0.2) is 5.69 Å². The minimum Gasteiger partial charge on any atom is -0.351 e. The molecule has 0 atom stereocenters. The fourth-order valence-electron chi connectivity index (χ4n) is 1.76. The fourth-order valence-corrected chi connectivity index (χ4v) is 1.76. The van der Waals surface area contributed by atoms with E-state index in [4.69, 9.17) is 0 Å². The third kappa shape index (κ3) is 2.46. The number of amides is 1. The summed E-state index contributed by atoms with van der Waals surface area (Å²) in [5.41, 5.74) is 2.51. The summed E-state index contributed by atoms with van der Waals surface area (Å²) in [5, 5.41) is 10.7. The van der Waals surface area contributed by atoms with Gasteiger partial charge in [0.25, 0.3) is 5.91 Å². The molecule has 4 nitrogen and oxygen atoms in total. The number of hydrogen-bond donors (Lipinski definition) is 2. The topological polar surface area (TPSA) is 57.8 Å². The molecule has 17 heavy (non-hydrogen) atoms. The van der Waals surface area contributed by atoms with E-state index in [2.05, 4.69) is 22.4 Å². The first kappa shape index (κ1) is 11.6. The molecule has 0 radical (unpaired) electrons. The van der Waals surface area contributed by atoms with Gasteiger partial charge in [-0.1, -0.05) is 25.0 Å². The maximum absolute atomic E-state index is 11.9. The largest absolute Gasteiger partial charge is 0.351 e. The third-order valence-electron chi connectivity index (χ3n) is 2.75. The first-order valence-electron chi connectivity index (χ1n) is 5.95. The van der Waals surface area contributed by atoms with Crippen LogP contribution in [0.2, 0.25) is 0 Å². The Hall–Kier alpha value is -1.84. The van der Waals surface area contributed by atoms with E-state index in [1.165, 1.54) is 0 Å². The van der Waals surface area contributed by atoms with Crippen LogP contribution >= 0.6 is 0 Å². The molecular formula is C13H17N3O. The molecule has 2 aromatic rings. The van der Waals surface area contributed by atoms with Gasteiger partial charge in [0.2, 0.25) is 0 Å². The summed E-state index contributed by atoms with van der Waals surface area (Å²) in [6.45, 7) is 4.81. The number of carbonyl (C=O) groups is 1. The Morgan fingerprint density at radius 2 is 2.29 bits per heavy atom. The maximum Gasteiger partial charge on any atom is 0.272 e. The van der Waals surface area contributed by atoms with Crippen LogP contribution in [-0.4, -0.2) is 22.6 Å². The minimum absolute atomic E-state index is 0.102. The monoisotopic (exact) mass is 231 g/mol. The van der Waals surface area contributed by atoms with Crippen molar-refractivity contribution in [2.45, 2.75) is 26.7 Å². The van der Waals surface area contributed by atoms with E-state index in [-0.39, 0.29) is 5.91 Å². The Kier molecular flexibility index (Phi) is 3.42. The molecule has 0 saturated carbocycles. The van der Waals surface area contributed by atoms with E-state index < -0.39 is 0 Å². The van der Waals surface area contributed by atoms with Crippen LogP contribution < -0.4 is 5.32 Å². The molecule has 4 heteroatoms. The summed E-state index contributed by atoms with van der Waals surface area (Å²) in [7, 11) is 0. The summed E-state index contributed by atoms with van der Waals surface area (Å²) >= 11 is 0. The molecule has 1 heterocycles. The standard InChI is InChI=1S/C13H17N3O/c1-3-4-7-14-13(17)12-10-8-9(2)5-6-11(10)15-16-12/h5-6,8H,3-4,7H2,1-2H3,(H,14,17)(H,15,16). The Labute approximate surface area is 100 Å². The van der Waals surface area contributed by atoms with Gasteiger partial charge in [-0.25, -0.2) is 0 Å². The summed E-state index contributed by atoms with van der Waals surface area (Å²) in [6, 6.07) is 5.92. The number of H-pyrrole nitrogens is 1. The number of fused-ring (bicyclic) bond motifs is 1. The number of carbonyl (C=O) groups excluding carboxylic acids is 1. The van der Waals surface area contributed by atoms with E-state index >= 15 is 0 Å². The first-order valence-corrected chi connectivity index (χ1v) is 5.95. The van der Waals surface area contributed by atoms with Crippen molar-refractivity contribution in [2.75, 3.05) is 6.54 Å². The van der Waals surface area contributed by atoms with Crippen LogP contribution in [-0.2, 0) is 0 Å². The SMILES string of the molecule is CCCCNC(=O)c1n[nH]c2ccc(C)cc12. The molecule has 0 aliphatic carbocycles. The average molecular weight is 231 g/mol. The molecule has 2 N–H and O–H groups in total. The number of nitrogens with one attached hydrogen (secondary N) is 2. The second kappa shape index (κ2) is 4.99. The van der Waals surface area contributed by atoms with E-state index in [1.54, 1.807) is 0 Å². The van der Waals surface area contributed by atoms with Gasteiger partial charge in [-0.2, -0.15) is 5.10 Å². The highest BCUT2D eigenvalue weighted by Crippen LogP contribution is 2.17. The number of nitrogens with zero attached hydrogens (tertiary/aromatic N) is 1. The average Bonchev–Trinajstić information content (AvgIpc) is 2.72. The lowest BCUT2D eigenvalue weighted by Gasteiger charge is -2.01. The zero-order valence-electron chi connectivity index (χ0n) is 10.2. The van der Waals surface area contributed by atoms with Gasteiger partial charge < -0.3 is 5.32 Å². The van der Waals surface area contributed by atoms with E-state index in [9.17, 15) is 4.79 Å². The molecule has 2 rings (SSSR count). The van der Waals surface area contributed by atoms with Crippen LogP contribution in [0, 0.1) is 6.92 Å². The maximum atomic E-state index is 11.9. The second-order valence-corrected chi connectivity index (χ2v) is 4.23. The number of aromatic amines is 1. The second-order valence-electron chi connectivity index (χ2n) is 4.23.